The monoisotopic (exact) mass is 305 g/mol. The second-order valence-electron chi connectivity index (χ2n) is 5.94. The third-order valence-corrected chi connectivity index (χ3v) is 4.58. The lowest BCUT2D eigenvalue weighted by Crippen LogP contribution is -2.26. The fourth-order valence-electron chi connectivity index (χ4n) is 1.93. The second kappa shape index (κ2) is 6.21. The summed E-state index contributed by atoms with van der Waals surface area (Å²) in [6, 6.07) is 16.3. The Labute approximate surface area is 130 Å². The predicted octanol–water partition coefficient (Wildman–Crippen LogP) is 5.54. The second-order valence-corrected chi connectivity index (χ2v) is 7.49. The van der Waals surface area contributed by atoms with Gasteiger partial charge in [0, 0.05) is 20.9 Å². The Hall–Kier alpha value is -0.960. The first-order valence-corrected chi connectivity index (χ1v) is 7.85. The molecule has 0 unspecified atom stereocenters. The van der Waals surface area contributed by atoms with E-state index < -0.39 is 0 Å². The van der Waals surface area contributed by atoms with Crippen molar-refractivity contribution >= 4 is 23.4 Å². The SMILES string of the molecule is CC(C)(C)[C@@H](N)c1ccccc1Sc1ccc(Cl)cc1. The molecule has 0 aliphatic carbocycles. The van der Waals surface area contributed by atoms with E-state index in [1.165, 1.54) is 15.4 Å². The van der Waals surface area contributed by atoms with Crippen LogP contribution in [0.2, 0.25) is 5.02 Å². The van der Waals surface area contributed by atoms with Gasteiger partial charge in [-0.05, 0) is 41.3 Å². The fourth-order valence-corrected chi connectivity index (χ4v) is 3.04. The molecule has 0 radical (unpaired) electrons. The molecule has 2 rings (SSSR count). The van der Waals surface area contributed by atoms with Crippen molar-refractivity contribution in [3.8, 4) is 0 Å². The summed E-state index contributed by atoms with van der Waals surface area (Å²) in [5.74, 6) is 0. The lowest BCUT2D eigenvalue weighted by atomic mass is 9.83. The van der Waals surface area contributed by atoms with Crippen molar-refractivity contribution in [3.63, 3.8) is 0 Å². The number of nitrogens with two attached hydrogens (primary N) is 1. The summed E-state index contributed by atoms with van der Waals surface area (Å²) in [6.45, 7) is 6.50. The molecule has 1 nitrogen and oxygen atoms in total. The Morgan fingerprint density at radius 2 is 1.60 bits per heavy atom. The van der Waals surface area contributed by atoms with E-state index in [0.717, 1.165) is 5.02 Å². The van der Waals surface area contributed by atoms with Gasteiger partial charge in [0.1, 0.15) is 0 Å². The van der Waals surface area contributed by atoms with Gasteiger partial charge >= 0.3 is 0 Å². The molecule has 2 aromatic rings. The highest BCUT2D eigenvalue weighted by atomic mass is 35.5. The molecular weight excluding hydrogens is 286 g/mol. The molecule has 0 heterocycles. The molecule has 20 heavy (non-hydrogen) atoms. The summed E-state index contributed by atoms with van der Waals surface area (Å²) in [5, 5.41) is 0.758. The first kappa shape index (κ1) is 15.4. The molecule has 0 aliphatic rings. The van der Waals surface area contributed by atoms with Gasteiger partial charge in [-0.3, -0.25) is 0 Å². The van der Waals surface area contributed by atoms with Crippen molar-refractivity contribution in [2.75, 3.05) is 0 Å². The van der Waals surface area contributed by atoms with Crippen LogP contribution in [-0.4, -0.2) is 0 Å². The highest BCUT2D eigenvalue weighted by molar-refractivity contribution is 7.99. The molecule has 3 heteroatoms. The van der Waals surface area contributed by atoms with E-state index in [4.69, 9.17) is 17.3 Å². The third-order valence-electron chi connectivity index (χ3n) is 3.23. The average Bonchev–Trinajstić information content (AvgIpc) is 2.40. The smallest absolute Gasteiger partial charge is 0.0406 e. The van der Waals surface area contributed by atoms with Crippen LogP contribution in [0, 0.1) is 5.41 Å². The molecule has 2 N–H and O–H groups in total. The van der Waals surface area contributed by atoms with Gasteiger partial charge in [0.25, 0.3) is 0 Å². The summed E-state index contributed by atoms with van der Waals surface area (Å²) in [4.78, 5) is 2.38. The molecule has 0 saturated carbocycles. The lowest BCUT2D eigenvalue weighted by molar-refractivity contribution is 0.324. The van der Waals surface area contributed by atoms with Gasteiger partial charge in [-0.15, -0.1) is 0 Å². The van der Waals surface area contributed by atoms with Crippen LogP contribution in [0.1, 0.15) is 32.4 Å². The molecule has 0 saturated heterocycles. The lowest BCUT2D eigenvalue weighted by Gasteiger charge is -2.29. The third kappa shape index (κ3) is 3.78. The number of hydrogen-bond acceptors (Lipinski definition) is 2. The van der Waals surface area contributed by atoms with E-state index in [0.29, 0.717) is 0 Å². The molecule has 0 bridgehead atoms. The van der Waals surface area contributed by atoms with E-state index in [2.05, 4.69) is 39.0 Å². The number of halogens is 1. The topological polar surface area (TPSA) is 26.0 Å². The van der Waals surface area contributed by atoms with Crippen molar-refractivity contribution in [2.24, 2.45) is 11.1 Å². The van der Waals surface area contributed by atoms with Crippen LogP contribution in [0.15, 0.2) is 58.3 Å². The molecule has 2 aromatic carbocycles. The van der Waals surface area contributed by atoms with Gasteiger partial charge in [-0.1, -0.05) is 62.3 Å². The van der Waals surface area contributed by atoms with E-state index >= 15 is 0 Å². The molecule has 0 spiro atoms. The summed E-state index contributed by atoms with van der Waals surface area (Å²) < 4.78 is 0. The minimum Gasteiger partial charge on any atom is -0.323 e. The first-order chi connectivity index (χ1) is 9.38. The van der Waals surface area contributed by atoms with Crippen LogP contribution in [0.3, 0.4) is 0 Å². The van der Waals surface area contributed by atoms with E-state index in [-0.39, 0.29) is 11.5 Å². The standard InChI is InChI=1S/C17H20ClNS/c1-17(2,3)16(19)14-6-4-5-7-15(14)20-13-10-8-12(18)9-11-13/h4-11,16H,19H2,1-3H3/t16-/m0/s1. The molecule has 0 fully saturated rings. The Morgan fingerprint density at radius 1 is 1.00 bits per heavy atom. The molecule has 0 aliphatic heterocycles. The summed E-state index contributed by atoms with van der Waals surface area (Å²) in [6.07, 6.45) is 0. The summed E-state index contributed by atoms with van der Waals surface area (Å²) in [5.41, 5.74) is 7.65. The fraction of sp³-hybridized carbons (Fsp3) is 0.294. The highest BCUT2D eigenvalue weighted by Gasteiger charge is 2.24. The van der Waals surface area contributed by atoms with Gasteiger partial charge in [0.05, 0.1) is 0 Å². The van der Waals surface area contributed by atoms with E-state index in [9.17, 15) is 0 Å². The maximum absolute atomic E-state index is 6.42. The highest BCUT2D eigenvalue weighted by Crippen LogP contribution is 2.38. The van der Waals surface area contributed by atoms with Crippen LogP contribution >= 0.6 is 23.4 Å². The zero-order chi connectivity index (χ0) is 14.8. The maximum atomic E-state index is 6.42. The predicted molar refractivity (Wildman–Crippen MR) is 88.4 cm³/mol. The van der Waals surface area contributed by atoms with Gasteiger partial charge in [-0.25, -0.2) is 0 Å². The number of rotatable bonds is 3. The van der Waals surface area contributed by atoms with E-state index in [1.54, 1.807) is 11.8 Å². The van der Waals surface area contributed by atoms with Gasteiger partial charge in [-0.2, -0.15) is 0 Å². The Balaban J connectivity index is 2.31. The van der Waals surface area contributed by atoms with Crippen molar-refractivity contribution in [3.05, 3.63) is 59.1 Å². The summed E-state index contributed by atoms with van der Waals surface area (Å²) >= 11 is 7.66. The quantitative estimate of drug-likeness (QED) is 0.806. The zero-order valence-corrected chi connectivity index (χ0v) is 13.6. The van der Waals surface area contributed by atoms with Crippen LogP contribution in [0.25, 0.3) is 0 Å². The largest absolute Gasteiger partial charge is 0.323 e. The van der Waals surface area contributed by atoms with E-state index in [1.807, 2.05) is 30.3 Å². The normalized spacial score (nSPS) is 13.2. The molecular formula is C17H20ClNS. The zero-order valence-electron chi connectivity index (χ0n) is 12.1. The van der Waals surface area contributed by atoms with Gasteiger partial charge in [0.2, 0.25) is 0 Å². The molecule has 106 valence electrons. The van der Waals surface area contributed by atoms with Crippen molar-refractivity contribution in [1.82, 2.24) is 0 Å². The van der Waals surface area contributed by atoms with Gasteiger partial charge < -0.3 is 5.73 Å². The minimum absolute atomic E-state index is 0.0125. The van der Waals surface area contributed by atoms with Crippen LogP contribution < -0.4 is 5.73 Å². The van der Waals surface area contributed by atoms with Crippen LogP contribution in [-0.2, 0) is 0 Å². The Bertz CT molecular complexity index is 572. The van der Waals surface area contributed by atoms with Crippen LogP contribution in [0.5, 0.6) is 0 Å². The van der Waals surface area contributed by atoms with Crippen LogP contribution in [0.4, 0.5) is 0 Å². The Morgan fingerprint density at radius 3 is 2.20 bits per heavy atom. The van der Waals surface area contributed by atoms with Crippen molar-refractivity contribution in [1.29, 1.82) is 0 Å². The number of benzene rings is 2. The molecule has 1 atom stereocenters. The van der Waals surface area contributed by atoms with Crippen molar-refractivity contribution < 1.29 is 0 Å². The van der Waals surface area contributed by atoms with Crippen molar-refractivity contribution in [2.45, 2.75) is 36.6 Å². The molecule has 0 aromatic heterocycles. The number of hydrogen-bond donors (Lipinski definition) is 1. The summed E-state index contributed by atoms with van der Waals surface area (Å²) in [7, 11) is 0. The average molecular weight is 306 g/mol. The minimum atomic E-state index is 0.0125. The van der Waals surface area contributed by atoms with Gasteiger partial charge in [0.15, 0.2) is 0 Å². The maximum Gasteiger partial charge on any atom is 0.0406 e. The first-order valence-electron chi connectivity index (χ1n) is 6.66. The molecule has 0 amide bonds. The Kier molecular flexibility index (Phi) is 4.79.